The maximum absolute atomic E-state index is 14.1. The summed E-state index contributed by atoms with van der Waals surface area (Å²) in [6.45, 7) is 1.28. The van der Waals surface area contributed by atoms with E-state index < -0.39 is 17.5 Å². The van der Waals surface area contributed by atoms with Crippen LogP contribution in [0.4, 0.5) is 10.1 Å². The van der Waals surface area contributed by atoms with Crippen molar-refractivity contribution >= 4 is 58.6 Å². The second kappa shape index (κ2) is 7.67. The van der Waals surface area contributed by atoms with E-state index in [1.165, 1.54) is 40.4 Å². The first-order valence-electron chi connectivity index (χ1n) is 6.66. The van der Waals surface area contributed by atoms with Gasteiger partial charge in [-0.15, -0.1) is 0 Å². The molecule has 0 saturated carbocycles. The number of ketones is 1. The van der Waals surface area contributed by atoms with E-state index in [9.17, 15) is 14.0 Å². The summed E-state index contributed by atoms with van der Waals surface area (Å²) >= 11 is 1.99. The van der Waals surface area contributed by atoms with Crippen LogP contribution < -0.4 is 10.6 Å². The number of carbonyl (C=O) groups excluding carboxylic acids is 2. The van der Waals surface area contributed by atoms with Gasteiger partial charge in [-0.2, -0.15) is 5.26 Å². The van der Waals surface area contributed by atoms with Gasteiger partial charge in [0.25, 0.3) is 0 Å². The predicted octanol–water partition coefficient (Wildman–Crippen LogP) is 3.39. The summed E-state index contributed by atoms with van der Waals surface area (Å²) in [7, 11) is 2.80. The van der Waals surface area contributed by atoms with E-state index in [1.807, 2.05) is 27.3 Å². The lowest BCUT2D eigenvalue weighted by atomic mass is 10.1. The molecule has 0 saturated heterocycles. The van der Waals surface area contributed by atoms with Crippen molar-refractivity contribution in [3.8, 4) is 6.07 Å². The molecular weight excluding hydrogens is 446 g/mol. The summed E-state index contributed by atoms with van der Waals surface area (Å²) in [5.74, 6) is -1.47. The summed E-state index contributed by atoms with van der Waals surface area (Å²) in [5.41, 5.74) is 0.774. The molecule has 0 bridgehead atoms. The van der Waals surface area contributed by atoms with E-state index in [-0.39, 0.29) is 17.0 Å². The number of hydrogen-bond donors (Lipinski definition) is 2. The number of carbonyl (C=O) groups is 2. The number of halogens is 2. The summed E-state index contributed by atoms with van der Waals surface area (Å²) in [6, 6.07) is 6.06. The van der Waals surface area contributed by atoms with Gasteiger partial charge in [-0.3, -0.25) is 13.6 Å². The number of hydrogen-bond acceptors (Lipinski definition) is 5. The molecule has 0 atom stereocenters. The highest BCUT2D eigenvalue weighted by Gasteiger charge is 2.21. The van der Waals surface area contributed by atoms with Gasteiger partial charge in [-0.25, -0.2) is 4.39 Å². The lowest BCUT2D eigenvalue weighted by Crippen LogP contribution is -2.09. The van der Waals surface area contributed by atoms with Gasteiger partial charge in [0.1, 0.15) is 23.2 Å². The molecule has 124 valence electrons. The third-order valence-corrected chi connectivity index (χ3v) is 4.83. The van der Waals surface area contributed by atoms with Crippen molar-refractivity contribution < 1.29 is 14.0 Å². The SMILES string of the molecule is CN/C=C(\C#N)C(=O)c1cc2cc(F)c(NC(C)=O)cc2n1SI. The van der Waals surface area contributed by atoms with Crippen molar-refractivity contribution in [3.63, 3.8) is 0 Å². The van der Waals surface area contributed by atoms with Gasteiger partial charge in [0.15, 0.2) is 0 Å². The van der Waals surface area contributed by atoms with Gasteiger partial charge in [-0.05, 0) is 18.2 Å². The minimum atomic E-state index is -0.599. The molecule has 6 nitrogen and oxygen atoms in total. The Kier molecular flexibility index (Phi) is 5.84. The van der Waals surface area contributed by atoms with Crippen LogP contribution in [0.2, 0.25) is 0 Å². The molecule has 2 rings (SSSR count). The Balaban J connectivity index is 2.65. The molecule has 0 spiro atoms. The third kappa shape index (κ3) is 3.54. The largest absolute Gasteiger partial charge is 0.393 e. The quantitative estimate of drug-likeness (QED) is 0.311. The fourth-order valence-corrected chi connectivity index (χ4v) is 3.87. The number of aromatic nitrogens is 1. The van der Waals surface area contributed by atoms with Crippen molar-refractivity contribution in [2.24, 2.45) is 0 Å². The molecule has 0 aliphatic heterocycles. The van der Waals surface area contributed by atoms with Crippen molar-refractivity contribution in [1.82, 2.24) is 9.29 Å². The van der Waals surface area contributed by atoms with Crippen molar-refractivity contribution in [1.29, 1.82) is 5.26 Å². The summed E-state index contributed by atoms with van der Waals surface area (Å²) in [4.78, 5) is 23.7. The van der Waals surface area contributed by atoms with Gasteiger partial charge >= 0.3 is 0 Å². The fraction of sp³-hybridized carbons (Fsp3) is 0.133. The number of rotatable bonds is 5. The second-order valence-corrected chi connectivity index (χ2v) is 6.44. The Morgan fingerprint density at radius 1 is 1.42 bits per heavy atom. The normalized spacial score (nSPS) is 11.2. The molecule has 2 N–H and O–H groups in total. The number of amides is 1. The topological polar surface area (TPSA) is 86.9 Å². The lowest BCUT2D eigenvalue weighted by Gasteiger charge is -2.07. The monoisotopic (exact) mass is 458 g/mol. The number of anilines is 1. The number of nitrogens with one attached hydrogen (secondary N) is 2. The van der Waals surface area contributed by atoms with Gasteiger partial charge in [0.05, 0.1) is 11.2 Å². The molecule has 0 fully saturated rings. The molecule has 0 aliphatic carbocycles. The first-order chi connectivity index (χ1) is 11.4. The number of nitriles is 1. The Hall–Kier alpha value is -2.06. The predicted molar refractivity (Wildman–Crippen MR) is 100 cm³/mol. The van der Waals surface area contributed by atoms with E-state index in [0.29, 0.717) is 10.9 Å². The molecule has 24 heavy (non-hydrogen) atoms. The molecule has 9 heteroatoms. The molecule has 1 heterocycles. The zero-order valence-corrected chi connectivity index (χ0v) is 15.7. The Bertz CT molecular complexity index is 901. The highest BCUT2D eigenvalue weighted by molar-refractivity contribution is 14.2. The van der Waals surface area contributed by atoms with Gasteiger partial charge in [0.2, 0.25) is 11.7 Å². The molecule has 2 aromatic rings. The standard InChI is InChI=1S/C15H12FIN4O2S/c1-8(22)20-12-5-13-9(3-11(12)16)4-14(21(13)24-17)15(23)10(6-18)7-19-2/h3-5,7,19H,1-2H3,(H,20,22)/b10-7+. The van der Waals surface area contributed by atoms with Crippen LogP contribution in [0.5, 0.6) is 0 Å². The van der Waals surface area contributed by atoms with Crippen LogP contribution in [-0.2, 0) is 4.79 Å². The second-order valence-electron chi connectivity index (χ2n) is 4.75. The molecule has 1 amide bonds. The molecular formula is C15H12FIN4O2S. The molecule has 0 unspecified atom stereocenters. The first-order valence-corrected chi connectivity index (χ1v) is 9.98. The Morgan fingerprint density at radius 3 is 2.67 bits per heavy atom. The maximum atomic E-state index is 14.1. The van der Waals surface area contributed by atoms with E-state index >= 15 is 0 Å². The molecule has 0 radical (unpaired) electrons. The van der Waals surface area contributed by atoms with Crippen LogP contribution in [0.3, 0.4) is 0 Å². The number of fused-ring (bicyclic) bond motifs is 1. The lowest BCUT2D eigenvalue weighted by molar-refractivity contribution is -0.114. The number of allylic oxidation sites excluding steroid dienone is 1. The van der Waals surface area contributed by atoms with E-state index in [4.69, 9.17) is 5.26 Å². The van der Waals surface area contributed by atoms with Crippen LogP contribution in [0.1, 0.15) is 17.4 Å². The van der Waals surface area contributed by atoms with Gasteiger partial charge in [-0.1, -0.05) is 0 Å². The van der Waals surface area contributed by atoms with E-state index in [1.54, 1.807) is 11.0 Å². The fourth-order valence-electron chi connectivity index (χ4n) is 2.15. The van der Waals surface area contributed by atoms with Crippen LogP contribution in [0.15, 0.2) is 30.0 Å². The molecule has 1 aromatic carbocycles. The van der Waals surface area contributed by atoms with Gasteiger partial charge < -0.3 is 10.6 Å². The van der Waals surface area contributed by atoms with E-state index in [2.05, 4.69) is 10.6 Å². The van der Waals surface area contributed by atoms with Crippen LogP contribution in [0, 0.1) is 17.1 Å². The number of Topliss-reactive ketones (excluding diaryl/α,β-unsaturated/α-hetero) is 1. The third-order valence-electron chi connectivity index (χ3n) is 3.11. The smallest absolute Gasteiger partial charge is 0.222 e. The zero-order valence-electron chi connectivity index (χ0n) is 12.7. The Morgan fingerprint density at radius 2 is 2.12 bits per heavy atom. The summed E-state index contributed by atoms with van der Waals surface area (Å²) in [6.07, 6.45) is 1.31. The summed E-state index contributed by atoms with van der Waals surface area (Å²) in [5, 5.41) is 14.7. The molecule has 1 aromatic heterocycles. The van der Waals surface area contributed by atoms with Crippen molar-refractivity contribution in [2.45, 2.75) is 6.92 Å². The average molecular weight is 458 g/mol. The number of benzene rings is 1. The van der Waals surface area contributed by atoms with Crippen LogP contribution in [0.25, 0.3) is 10.9 Å². The molecule has 0 aliphatic rings. The van der Waals surface area contributed by atoms with Gasteiger partial charge in [0, 0.05) is 55.9 Å². The highest BCUT2D eigenvalue weighted by Crippen LogP contribution is 2.32. The van der Waals surface area contributed by atoms with Crippen LogP contribution >= 0.6 is 30.3 Å². The Labute approximate surface area is 153 Å². The average Bonchev–Trinajstić information content (AvgIpc) is 2.89. The number of nitrogens with zero attached hydrogens (tertiary/aromatic N) is 2. The van der Waals surface area contributed by atoms with Crippen molar-refractivity contribution in [2.75, 3.05) is 12.4 Å². The minimum Gasteiger partial charge on any atom is -0.393 e. The maximum Gasteiger partial charge on any atom is 0.222 e. The van der Waals surface area contributed by atoms with E-state index in [0.717, 1.165) is 0 Å². The highest BCUT2D eigenvalue weighted by atomic mass is 127. The first kappa shape index (κ1) is 18.3. The van der Waals surface area contributed by atoms with Crippen LogP contribution in [-0.4, -0.2) is 22.7 Å². The van der Waals surface area contributed by atoms with Crippen molar-refractivity contribution in [3.05, 3.63) is 41.5 Å². The minimum absolute atomic E-state index is 0.0325. The zero-order chi connectivity index (χ0) is 17.9. The summed E-state index contributed by atoms with van der Waals surface area (Å²) < 4.78 is 15.7.